The van der Waals surface area contributed by atoms with Gasteiger partial charge in [0.1, 0.15) is 11.4 Å². The fourth-order valence-electron chi connectivity index (χ4n) is 3.76. The summed E-state index contributed by atoms with van der Waals surface area (Å²) in [5.41, 5.74) is -0.293. The molecule has 3 amide bonds. The molecule has 2 heterocycles. The second-order valence-electron chi connectivity index (χ2n) is 6.44. The van der Waals surface area contributed by atoms with Gasteiger partial charge in [0.25, 0.3) is 5.91 Å². The van der Waals surface area contributed by atoms with E-state index < -0.39 is 11.6 Å². The van der Waals surface area contributed by atoms with Crippen LogP contribution in [0.15, 0.2) is 36.9 Å². The Morgan fingerprint density at radius 3 is 2.75 bits per heavy atom. The summed E-state index contributed by atoms with van der Waals surface area (Å²) in [7, 11) is 0. The number of nitrogens with zero attached hydrogens (tertiary/aromatic N) is 1. The Labute approximate surface area is 140 Å². The summed E-state index contributed by atoms with van der Waals surface area (Å²) in [4.78, 5) is 26.6. The first-order chi connectivity index (χ1) is 11.6. The minimum Gasteiger partial charge on any atom is -0.322 e. The molecule has 2 fully saturated rings. The number of carbonyl (C=O) groups excluding carboxylic acids is 2. The molecule has 2 N–H and O–H groups in total. The van der Waals surface area contributed by atoms with Crippen LogP contribution >= 0.6 is 0 Å². The van der Waals surface area contributed by atoms with E-state index in [-0.39, 0.29) is 24.2 Å². The van der Waals surface area contributed by atoms with Gasteiger partial charge in [0, 0.05) is 13.0 Å². The Balaban J connectivity index is 1.96. The molecular weight excluding hydrogens is 309 g/mol. The van der Waals surface area contributed by atoms with Crippen molar-refractivity contribution in [3.63, 3.8) is 0 Å². The van der Waals surface area contributed by atoms with Crippen molar-refractivity contribution < 1.29 is 14.0 Å². The zero-order valence-electron chi connectivity index (χ0n) is 13.6. The maximum atomic E-state index is 13.6. The first-order valence-electron chi connectivity index (χ1n) is 8.27. The summed E-state index contributed by atoms with van der Waals surface area (Å²) in [5.74, 6) is -0.551. The van der Waals surface area contributed by atoms with E-state index in [1.54, 1.807) is 12.1 Å². The number of rotatable bonds is 5. The van der Waals surface area contributed by atoms with Gasteiger partial charge in [0.15, 0.2) is 0 Å². The van der Waals surface area contributed by atoms with Gasteiger partial charge in [-0.15, -0.1) is 6.58 Å². The summed E-state index contributed by atoms with van der Waals surface area (Å²) in [6, 6.07) is 5.83. The second-order valence-corrected chi connectivity index (χ2v) is 6.44. The van der Waals surface area contributed by atoms with E-state index in [9.17, 15) is 14.0 Å². The lowest BCUT2D eigenvalue weighted by Gasteiger charge is -2.38. The van der Waals surface area contributed by atoms with Crippen molar-refractivity contribution in [2.24, 2.45) is 5.92 Å². The van der Waals surface area contributed by atoms with Gasteiger partial charge in [-0.25, -0.2) is 9.18 Å². The zero-order valence-corrected chi connectivity index (χ0v) is 13.6. The van der Waals surface area contributed by atoms with E-state index in [0.717, 1.165) is 25.9 Å². The van der Waals surface area contributed by atoms with E-state index >= 15 is 0 Å². The van der Waals surface area contributed by atoms with Crippen molar-refractivity contribution in [2.75, 3.05) is 19.6 Å². The molecule has 0 spiro atoms. The molecule has 6 heteroatoms. The summed E-state index contributed by atoms with van der Waals surface area (Å²) in [6.07, 6.45) is 3.43. The van der Waals surface area contributed by atoms with Crippen LogP contribution in [0, 0.1) is 11.7 Å². The van der Waals surface area contributed by atoms with E-state index in [0.29, 0.717) is 12.0 Å². The molecule has 0 saturated carbocycles. The molecule has 0 aliphatic carbocycles. The van der Waals surface area contributed by atoms with E-state index in [1.165, 1.54) is 23.1 Å². The maximum absolute atomic E-state index is 13.6. The largest absolute Gasteiger partial charge is 0.325 e. The molecule has 2 aliphatic heterocycles. The molecule has 2 saturated heterocycles. The van der Waals surface area contributed by atoms with Crippen molar-refractivity contribution in [1.82, 2.24) is 15.5 Å². The van der Waals surface area contributed by atoms with E-state index in [2.05, 4.69) is 17.2 Å². The highest BCUT2D eigenvalue weighted by molar-refractivity contribution is 6.07. The lowest BCUT2D eigenvalue weighted by Crippen LogP contribution is -2.57. The third-order valence-corrected chi connectivity index (χ3v) is 4.92. The highest BCUT2D eigenvalue weighted by Crippen LogP contribution is 2.35. The number of piperidine rings is 1. The van der Waals surface area contributed by atoms with Gasteiger partial charge in [0.05, 0.1) is 0 Å². The fourth-order valence-corrected chi connectivity index (χ4v) is 3.76. The maximum Gasteiger partial charge on any atom is 0.325 e. The fraction of sp³-hybridized carbons (Fsp3) is 0.444. The smallest absolute Gasteiger partial charge is 0.322 e. The zero-order chi connectivity index (χ0) is 17.2. The number of carbonyl (C=O) groups is 2. The van der Waals surface area contributed by atoms with Gasteiger partial charge in [0.2, 0.25) is 0 Å². The number of nitrogens with one attached hydrogen (secondary N) is 2. The van der Waals surface area contributed by atoms with E-state index in [1.807, 2.05) is 0 Å². The molecule has 0 radical (unpaired) electrons. The first-order valence-corrected chi connectivity index (χ1v) is 8.27. The molecule has 24 heavy (non-hydrogen) atoms. The van der Waals surface area contributed by atoms with Gasteiger partial charge in [-0.2, -0.15) is 0 Å². The van der Waals surface area contributed by atoms with Crippen LogP contribution in [0.3, 0.4) is 0 Å². The first kappa shape index (κ1) is 16.6. The number of imide groups is 1. The molecule has 0 aromatic heterocycles. The van der Waals surface area contributed by atoms with E-state index in [4.69, 9.17) is 0 Å². The van der Waals surface area contributed by atoms with Crippen LogP contribution in [0.1, 0.15) is 18.4 Å². The Hall–Kier alpha value is -2.21. The van der Waals surface area contributed by atoms with Gasteiger partial charge in [-0.3, -0.25) is 9.69 Å². The summed E-state index contributed by atoms with van der Waals surface area (Å²) >= 11 is 0. The van der Waals surface area contributed by atoms with Gasteiger partial charge in [-0.05, 0) is 49.5 Å². The highest BCUT2D eigenvalue weighted by atomic mass is 19.1. The predicted octanol–water partition coefficient (Wildman–Crippen LogP) is 1.84. The van der Waals surface area contributed by atoms with Crippen LogP contribution in [0.2, 0.25) is 0 Å². The molecule has 5 nitrogen and oxygen atoms in total. The number of hydrogen-bond donors (Lipinski definition) is 2. The number of amides is 3. The standard InChI is InChI=1S/C18H22FN3O2/c1-2-10-22-16(23)18(21-17(22)24,14-6-8-20-9-7-14)12-13-4-3-5-15(19)11-13/h2-5,11,14,20H,1,6-10,12H2,(H,21,24)/t18-/m0/s1. The van der Waals surface area contributed by atoms with Crippen LogP contribution in [0.4, 0.5) is 9.18 Å². The minimum absolute atomic E-state index is 0.0216. The van der Waals surface area contributed by atoms with Crippen molar-refractivity contribution >= 4 is 11.9 Å². The molecule has 2 aliphatic rings. The van der Waals surface area contributed by atoms with Crippen molar-refractivity contribution in [3.05, 3.63) is 48.3 Å². The second kappa shape index (κ2) is 6.73. The molecule has 0 unspecified atom stereocenters. The minimum atomic E-state index is -1.00. The van der Waals surface area contributed by atoms with Crippen LogP contribution in [-0.2, 0) is 11.2 Å². The number of benzene rings is 1. The van der Waals surface area contributed by atoms with Gasteiger partial charge >= 0.3 is 6.03 Å². The summed E-state index contributed by atoms with van der Waals surface area (Å²) in [5, 5.41) is 6.21. The molecular formula is C18H22FN3O2. The van der Waals surface area contributed by atoms with Crippen LogP contribution in [0.25, 0.3) is 0 Å². The average molecular weight is 331 g/mol. The number of hydrogen-bond acceptors (Lipinski definition) is 3. The Bertz CT molecular complexity index is 657. The monoisotopic (exact) mass is 331 g/mol. The highest BCUT2D eigenvalue weighted by Gasteiger charge is 2.55. The summed E-state index contributed by atoms with van der Waals surface area (Å²) in [6.45, 7) is 5.41. The quantitative estimate of drug-likeness (QED) is 0.639. The van der Waals surface area contributed by atoms with Gasteiger partial charge in [-0.1, -0.05) is 18.2 Å². The number of halogens is 1. The Morgan fingerprint density at radius 1 is 1.33 bits per heavy atom. The lowest BCUT2D eigenvalue weighted by molar-refractivity contribution is -0.133. The number of urea groups is 1. The normalized spacial score (nSPS) is 25.0. The SMILES string of the molecule is C=CCN1C(=O)N[C@@](Cc2cccc(F)c2)(C2CCNCC2)C1=O. The van der Waals surface area contributed by atoms with Crippen LogP contribution in [-0.4, -0.2) is 42.0 Å². The molecule has 3 rings (SSSR count). The average Bonchev–Trinajstić information content (AvgIpc) is 2.81. The van der Waals surface area contributed by atoms with Crippen molar-refractivity contribution in [3.8, 4) is 0 Å². The summed E-state index contributed by atoms with van der Waals surface area (Å²) < 4.78 is 13.6. The van der Waals surface area contributed by atoms with Gasteiger partial charge < -0.3 is 10.6 Å². The third-order valence-electron chi connectivity index (χ3n) is 4.92. The Morgan fingerprint density at radius 2 is 2.08 bits per heavy atom. The topological polar surface area (TPSA) is 61.4 Å². The van der Waals surface area contributed by atoms with Crippen LogP contribution in [0.5, 0.6) is 0 Å². The lowest BCUT2D eigenvalue weighted by atomic mass is 9.74. The molecule has 1 atom stereocenters. The Kier molecular flexibility index (Phi) is 4.66. The molecule has 1 aromatic rings. The van der Waals surface area contributed by atoms with Crippen molar-refractivity contribution in [1.29, 1.82) is 0 Å². The van der Waals surface area contributed by atoms with Crippen LogP contribution < -0.4 is 10.6 Å². The molecule has 128 valence electrons. The predicted molar refractivity (Wildman–Crippen MR) is 88.9 cm³/mol. The van der Waals surface area contributed by atoms with Crippen molar-refractivity contribution in [2.45, 2.75) is 24.8 Å². The third kappa shape index (κ3) is 2.94. The molecule has 0 bridgehead atoms. The molecule has 1 aromatic carbocycles.